The molecule has 0 fully saturated rings. The van der Waals surface area contributed by atoms with E-state index in [9.17, 15) is 0 Å². The molecule has 0 atom stereocenters. The highest BCUT2D eigenvalue weighted by Crippen LogP contribution is 2.22. The Morgan fingerprint density at radius 1 is 1.13 bits per heavy atom. The number of benzene rings is 2. The average Bonchev–Trinajstić information content (AvgIpc) is 3.09. The van der Waals surface area contributed by atoms with Crippen molar-refractivity contribution in [3.8, 4) is 5.75 Å². The summed E-state index contributed by atoms with van der Waals surface area (Å²) in [5.41, 5.74) is 2.34. The summed E-state index contributed by atoms with van der Waals surface area (Å²) in [6.45, 7) is 2.40. The molecule has 2 aromatic carbocycles. The lowest BCUT2D eigenvalue weighted by atomic mass is 10.1. The number of amidine groups is 1. The van der Waals surface area contributed by atoms with Crippen molar-refractivity contribution in [3.63, 3.8) is 0 Å². The van der Waals surface area contributed by atoms with Gasteiger partial charge in [-0.15, -0.1) is 0 Å². The van der Waals surface area contributed by atoms with Crippen LogP contribution >= 0.6 is 23.4 Å². The standard InChI is InChI=1S/C18H19ClN2OS/c19-16-7-5-14(6-8-16)13-22-17-4-2-1-3-15(17)9-12-23-18-20-10-11-21-18/h1-8H,9-13H2,(H,20,21). The van der Waals surface area contributed by atoms with Crippen LogP contribution in [0.4, 0.5) is 0 Å². The van der Waals surface area contributed by atoms with E-state index in [2.05, 4.69) is 22.4 Å². The second kappa shape index (κ2) is 8.27. The molecule has 0 aromatic heterocycles. The summed E-state index contributed by atoms with van der Waals surface area (Å²) < 4.78 is 5.99. The van der Waals surface area contributed by atoms with Gasteiger partial charge in [0.2, 0.25) is 0 Å². The van der Waals surface area contributed by atoms with Gasteiger partial charge in [-0.05, 0) is 35.7 Å². The number of aryl methyl sites for hydroxylation is 1. The van der Waals surface area contributed by atoms with Gasteiger partial charge in [-0.1, -0.05) is 53.7 Å². The van der Waals surface area contributed by atoms with Gasteiger partial charge in [-0.25, -0.2) is 0 Å². The van der Waals surface area contributed by atoms with Crippen molar-refractivity contribution in [2.24, 2.45) is 4.99 Å². The molecule has 1 heterocycles. The van der Waals surface area contributed by atoms with E-state index in [1.807, 2.05) is 36.4 Å². The lowest BCUT2D eigenvalue weighted by Gasteiger charge is -2.11. The van der Waals surface area contributed by atoms with E-state index in [0.29, 0.717) is 6.61 Å². The summed E-state index contributed by atoms with van der Waals surface area (Å²) in [5, 5.41) is 5.08. The minimum Gasteiger partial charge on any atom is -0.489 e. The molecule has 5 heteroatoms. The highest BCUT2D eigenvalue weighted by atomic mass is 35.5. The Balaban J connectivity index is 1.55. The maximum Gasteiger partial charge on any atom is 0.156 e. The number of nitrogens with zero attached hydrogens (tertiary/aromatic N) is 1. The Labute approximate surface area is 146 Å². The van der Waals surface area contributed by atoms with E-state index in [0.717, 1.165) is 46.8 Å². The maximum atomic E-state index is 5.99. The van der Waals surface area contributed by atoms with Crippen LogP contribution in [0.3, 0.4) is 0 Å². The van der Waals surface area contributed by atoms with Gasteiger partial charge >= 0.3 is 0 Å². The number of aliphatic imine (C=N–C) groups is 1. The summed E-state index contributed by atoms with van der Waals surface area (Å²) in [7, 11) is 0. The van der Waals surface area contributed by atoms with Crippen molar-refractivity contribution in [2.75, 3.05) is 18.8 Å². The zero-order valence-corrected chi connectivity index (χ0v) is 14.4. The van der Waals surface area contributed by atoms with Crippen molar-refractivity contribution in [1.29, 1.82) is 0 Å². The van der Waals surface area contributed by atoms with Gasteiger partial charge in [0.05, 0.1) is 6.54 Å². The lowest BCUT2D eigenvalue weighted by molar-refractivity contribution is 0.303. The molecule has 0 aliphatic carbocycles. The third kappa shape index (κ3) is 4.91. The van der Waals surface area contributed by atoms with E-state index < -0.39 is 0 Å². The number of rotatable bonds is 6. The Morgan fingerprint density at radius 3 is 2.74 bits per heavy atom. The van der Waals surface area contributed by atoms with Gasteiger partial charge in [-0.3, -0.25) is 4.99 Å². The number of para-hydroxylation sites is 1. The van der Waals surface area contributed by atoms with Gasteiger partial charge in [0.25, 0.3) is 0 Å². The molecule has 0 saturated heterocycles. The first-order chi connectivity index (χ1) is 11.3. The first-order valence-electron chi connectivity index (χ1n) is 7.67. The molecule has 0 spiro atoms. The molecule has 0 bridgehead atoms. The second-order valence-electron chi connectivity index (χ2n) is 5.23. The topological polar surface area (TPSA) is 33.6 Å². The fraction of sp³-hybridized carbons (Fsp3) is 0.278. The molecule has 3 rings (SSSR count). The number of halogens is 1. The molecule has 3 nitrogen and oxygen atoms in total. The highest BCUT2D eigenvalue weighted by molar-refractivity contribution is 8.13. The van der Waals surface area contributed by atoms with Crippen LogP contribution in [0, 0.1) is 0 Å². The number of thioether (sulfide) groups is 1. The maximum absolute atomic E-state index is 5.99. The zero-order valence-electron chi connectivity index (χ0n) is 12.8. The van der Waals surface area contributed by atoms with E-state index in [-0.39, 0.29) is 0 Å². The van der Waals surface area contributed by atoms with Crippen molar-refractivity contribution < 1.29 is 4.74 Å². The normalized spacial score (nSPS) is 13.5. The highest BCUT2D eigenvalue weighted by Gasteiger charge is 2.07. The zero-order chi connectivity index (χ0) is 15.9. The van der Waals surface area contributed by atoms with Crippen LogP contribution in [0.5, 0.6) is 5.75 Å². The van der Waals surface area contributed by atoms with Crippen molar-refractivity contribution in [2.45, 2.75) is 13.0 Å². The minimum atomic E-state index is 0.551. The Bertz CT molecular complexity index is 673. The lowest BCUT2D eigenvalue weighted by Crippen LogP contribution is -2.15. The van der Waals surface area contributed by atoms with Crippen LogP contribution in [0.2, 0.25) is 5.02 Å². The molecule has 120 valence electrons. The van der Waals surface area contributed by atoms with Crippen molar-refractivity contribution in [3.05, 3.63) is 64.7 Å². The van der Waals surface area contributed by atoms with Crippen molar-refractivity contribution in [1.82, 2.24) is 5.32 Å². The predicted molar refractivity (Wildman–Crippen MR) is 98.7 cm³/mol. The first kappa shape index (κ1) is 16.2. The fourth-order valence-corrected chi connectivity index (χ4v) is 3.35. The van der Waals surface area contributed by atoms with Gasteiger partial charge in [0, 0.05) is 17.3 Å². The third-order valence-electron chi connectivity index (χ3n) is 3.53. The second-order valence-corrected chi connectivity index (χ2v) is 6.76. The Kier molecular flexibility index (Phi) is 5.83. The first-order valence-corrected chi connectivity index (χ1v) is 9.04. The summed E-state index contributed by atoms with van der Waals surface area (Å²) in [6.07, 6.45) is 0.960. The van der Waals surface area contributed by atoms with Crippen LogP contribution in [0.15, 0.2) is 53.5 Å². The number of hydrogen-bond donors (Lipinski definition) is 1. The molecule has 0 unspecified atom stereocenters. The summed E-state index contributed by atoms with van der Waals surface area (Å²) in [5.74, 6) is 1.94. The van der Waals surface area contributed by atoms with Gasteiger partial charge < -0.3 is 10.1 Å². The van der Waals surface area contributed by atoms with Gasteiger partial charge in [-0.2, -0.15) is 0 Å². The SMILES string of the molecule is Clc1ccc(COc2ccccc2CCSC2=NCCN2)cc1. The average molecular weight is 347 g/mol. The summed E-state index contributed by atoms with van der Waals surface area (Å²) >= 11 is 7.68. The third-order valence-corrected chi connectivity index (χ3v) is 4.74. The predicted octanol–water partition coefficient (Wildman–Crippen LogP) is 4.15. The molecule has 0 radical (unpaired) electrons. The van der Waals surface area contributed by atoms with Crippen LogP contribution in [0.25, 0.3) is 0 Å². The van der Waals surface area contributed by atoms with Crippen LogP contribution in [-0.4, -0.2) is 24.0 Å². The molecule has 1 N–H and O–H groups in total. The molecular weight excluding hydrogens is 328 g/mol. The smallest absolute Gasteiger partial charge is 0.156 e. The monoisotopic (exact) mass is 346 g/mol. The quantitative estimate of drug-likeness (QED) is 0.852. The molecule has 0 amide bonds. The molecule has 2 aromatic rings. The van der Waals surface area contributed by atoms with E-state index in [1.165, 1.54) is 5.56 Å². The van der Waals surface area contributed by atoms with E-state index in [1.54, 1.807) is 11.8 Å². The van der Waals surface area contributed by atoms with Gasteiger partial charge in [0.15, 0.2) is 5.17 Å². The fourth-order valence-electron chi connectivity index (χ4n) is 2.32. The van der Waals surface area contributed by atoms with Gasteiger partial charge in [0.1, 0.15) is 12.4 Å². The number of hydrogen-bond acceptors (Lipinski definition) is 4. The molecule has 0 saturated carbocycles. The Morgan fingerprint density at radius 2 is 1.96 bits per heavy atom. The Hall–Kier alpha value is -1.65. The van der Waals surface area contributed by atoms with Crippen LogP contribution < -0.4 is 10.1 Å². The molecule has 1 aliphatic rings. The van der Waals surface area contributed by atoms with Crippen LogP contribution in [0.1, 0.15) is 11.1 Å². The molecule has 23 heavy (non-hydrogen) atoms. The number of ether oxygens (including phenoxy) is 1. The summed E-state index contributed by atoms with van der Waals surface area (Å²) in [6, 6.07) is 16.0. The summed E-state index contributed by atoms with van der Waals surface area (Å²) in [4.78, 5) is 4.40. The van der Waals surface area contributed by atoms with Crippen LogP contribution in [-0.2, 0) is 13.0 Å². The largest absolute Gasteiger partial charge is 0.489 e. The van der Waals surface area contributed by atoms with Crippen molar-refractivity contribution >= 4 is 28.5 Å². The minimum absolute atomic E-state index is 0.551. The van der Waals surface area contributed by atoms with E-state index >= 15 is 0 Å². The molecule has 1 aliphatic heterocycles. The number of nitrogens with one attached hydrogen (secondary N) is 1. The molecular formula is C18H19ClN2OS. The van der Waals surface area contributed by atoms with E-state index in [4.69, 9.17) is 16.3 Å².